The number of pyridine rings is 1. The number of ether oxygens (including phenoxy) is 2. The van der Waals surface area contributed by atoms with Crippen LogP contribution in [0.25, 0.3) is 10.9 Å². The van der Waals surface area contributed by atoms with Crippen molar-refractivity contribution in [1.82, 2.24) is 20.1 Å². The number of amides is 5. The molecule has 2 heterocycles. The molecule has 0 saturated carbocycles. The highest BCUT2D eigenvalue weighted by Crippen LogP contribution is 2.27. The molecule has 0 spiro atoms. The number of nitrogens with one attached hydrogen (secondary N) is 3. The zero-order valence-electron chi connectivity index (χ0n) is 34.7. The first-order chi connectivity index (χ1) is 29.6. The lowest BCUT2D eigenvalue weighted by Crippen LogP contribution is -2.49. The number of aryl methyl sites for hydroxylation is 1. The Hall–Kier alpha value is -6.98. The number of benzene rings is 3. The van der Waals surface area contributed by atoms with Crippen LogP contribution in [0.3, 0.4) is 0 Å². The van der Waals surface area contributed by atoms with Gasteiger partial charge < -0.3 is 50.6 Å². The summed E-state index contributed by atoms with van der Waals surface area (Å²) in [6, 6.07) is 16.3. The van der Waals surface area contributed by atoms with Gasteiger partial charge in [-0.05, 0) is 67.2 Å². The van der Waals surface area contributed by atoms with E-state index in [0.717, 1.165) is 17.7 Å². The Morgan fingerprint density at radius 1 is 0.935 bits per heavy atom. The van der Waals surface area contributed by atoms with Gasteiger partial charge in [0.25, 0.3) is 0 Å². The van der Waals surface area contributed by atoms with Gasteiger partial charge in [-0.1, -0.05) is 56.3 Å². The van der Waals surface area contributed by atoms with Crippen molar-refractivity contribution in [2.75, 3.05) is 42.9 Å². The molecule has 1 fully saturated rings. The smallest absolute Gasteiger partial charge is 0.410 e. The number of aromatic nitrogens is 1. The molecule has 330 valence electrons. The van der Waals surface area contributed by atoms with Crippen molar-refractivity contribution < 1.29 is 47.3 Å². The van der Waals surface area contributed by atoms with E-state index in [0.29, 0.717) is 29.7 Å². The lowest BCUT2D eigenvalue weighted by atomic mass is 9.96. The number of carboxylic acid groups (broad SMARTS) is 1. The van der Waals surface area contributed by atoms with E-state index in [2.05, 4.69) is 16.0 Å². The van der Waals surface area contributed by atoms with Gasteiger partial charge in [0.1, 0.15) is 30.4 Å². The molecule has 3 aromatic carbocycles. The average Bonchev–Trinajstić information content (AvgIpc) is 3.25. The number of rotatable bonds is 17. The van der Waals surface area contributed by atoms with Crippen molar-refractivity contribution in [3.05, 3.63) is 118 Å². The summed E-state index contributed by atoms with van der Waals surface area (Å²) in [4.78, 5) is 77.9. The molecular formula is C44H51F2N7O9. The number of hydrogen-bond donors (Lipinski definition) is 5. The molecule has 1 aliphatic heterocycles. The number of anilines is 2. The van der Waals surface area contributed by atoms with Gasteiger partial charge in [-0.15, -0.1) is 0 Å². The van der Waals surface area contributed by atoms with Gasteiger partial charge in [0, 0.05) is 56.5 Å². The molecule has 5 rings (SSSR count). The molecule has 1 aliphatic rings. The van der Waals surface area contributed by atoms with Gasteiger partial charge in [0.05, 0.1) is 23.2 Å². The second-order valence-electron chi connectivity index (χ2n) is 15.0. The fourth-order valence-electron chi connectivity index (χ4n) is 6.91. The molecule has 5 amide bonds. The van der Waals surface area contributed by atoms with Crippen molar-refractivity contribution in [1.29, 1.82) is 0 Å². The molecular weight excluding hydrogens is 809 g/mol. The van der Waals surface area contributed by atoms with E-state index in [4.69, 9.17) is 15.2 Å². The maximum atomic E-state index is 15.8. The van der Waals surface area contributed by atoms with Crippen molar-refractivity contribution in [3.63, 3.8) is 0 Å². The van der Waals surface area contributed by atoms with Crippen LogP contribution in [-0.4, -0.2) is 83.4 Å². The standard InChI is InChI=1S/C44H51F2N7O9/c1-4-51-24-33(41(56)57)39(54)32-22-34(45)37(23-36(32)51)52-17-19-53(20-18-52)44(60)62-26-29-12-14-31(15-13-29)49-40(55)30(11-8-16-48-42(47)58)21-35(46)38(27(2)3)50-43(59)61-25-28-9-6-5-7-10-28/h5-7,9-10,12-15,21-24,27,30,38H,4,8,11,16-20,25-26H2,1-3H3,(H,49,55)(H,50,59)(H,56,57)(H3,47,48,58)/t30-,38+/m1/s1. The summed E-state index contributed by atoms with van der Waals surface area (Å²) in [5.74, 6) is -4.75. The van der Waals surface area contributed by atoms with Gasteiger partial charge in [-0.25, -0.2) is 28.0 Å². The number of urea groups is 1. The van der Waals surface area contributed by atoms with E-state index in [9.17, 15) is 33.9 Å². The maximum absolute atomic E-state index is 15.8. The van der Waals surface area contributed by atoms with Crippen molar-refractivity contribution in [2.24, 2.45) is 17.6 Å². The molecule has 0 unspecified atom stereocenters. The van der Waals surface area contributed by atoms with E-state index in [1.54, 1.807) is 78.8 Å². The number of halogens is 2. The van der Waals surface area contributed by atoms with Crippen molar-refractivity contribution >= 4 is 52.4 Å². The minimum absolute atomic E-state index is 0.00964. The molecule has 16 nitrogen and oxygen atoms in total. The quantitative estimate of drug-likeness (QED) is 0.0767. The first kappa shape index (κ1) is 46.1. The number of carbonyl (C=O) groups is 5. The topological polar surface area (TPSA) is 215 Å². The van der Waals surface area contributed by atoms with Crippen LogP contribution in [0.1, 0.15) is 55.1 Å². The van der Waals surface area contributed by atoms with Crippen LogP contribution in [0.4, 0.5) is 34.5 Å². The van der Waals surface area contributed by atoms with Crippen LogP contribution in [0, 0.1) is 17.7 Å². The van der Waals surface area contributed by atoms with Crippen LogP contribution >= 0.6 is 0 Å². The Bertz CT molecular complexity index is 2330. The number of fused-ring (bicyclic) bond motifs is 1. The highest BCUT2D eigenvalue weighted by atomic mass is 19.1. The fraction of sp³-hybridized carbons (Fsp3) is 0.364. The van der Waals surface area contributed by atoms with E-state index in [1.165, 1.54) is 17.2 Å². The van der Waals surface area contributed by atoms with Crippen molar-refractivity contribution in [3.8, 4) is 0 Å². The van der Waals surface area contributed by atoms with E-state index < -0.39 is 70.6 Å². The molecule has 4 aromatic rings. The van der Waals surface area contributed by atoms with E-state index in [1.807, 2.05) is 6.07 Å². The van der Waals surface area contributed by atoms with Crippen molar-refractivity contribution in [2.45, 2.75) is 59.4 Å². The summed E-state index contributed by atoms with van der Waals surface area (Å²) < 4.78 is 43.6. The lowest BCUT2D eigenvalue weighted by molar-refractivity contribution is -0.118. The molecule has 18 heteroatoms. The number of hydrogen-bond acceptors (Lipinski definition) is 9. The maximum Gasteiger partial charge on any atom is 0.410 e. The first-order valence-electron chi connectivity index (χ1n) is 20.2. The molecule has 0 aliphatic carbocycles. The Kier molecular flexibility index (Phi) is 16.0. The molecule has 6 N–H and O–H groups in total. The summed E-state index contributed by atoms with van der Waals surface area (Å²) in [5.41, 5.74) is 6.35. The molecule has 0 radical (unpaired) electrons. The zero-order valence-corrected chi connectivity index (χ0v) is 34.7. The minimum atomic E-state index is -1.39. The van der Waals surface area contributed by atoms with Gasteiger partial charge in [-0.2, -0.15) is 0 Å². The number of nitrogens with zero attached hydrogens (tertiary/aromatic N) is 3. The van der Waals surface area contributed by atoms with Gasteiger partial charge in [-0.3, -0.25) is 9.59 Å². The number of carbonyl (C=O) groups excluding carboxylic acids is 4. The average molecular weight is 860 g/mol. The lowest BCUT2D eigenvalue weighted by Gasteiger charge is -2.35. The molecule has 62 heavy (non-hydrogen) atoms. The zero-order chi connectivity index (χ0) is 44.9. The minimum Gasteiger partial charge on any atom is -0.477 e. The SMILES string of the molecule is CCn1cc(C(=O)O)c(=O)c2cc(F)c(N3CCN(C(=O)OCc4ccc(NC(=O)[C@@H](C=C(F)[C@@H](NC(=O)OCc5ccccc5)C(C)C)CCCNC(N)=O)cc4)CC3)cc21. The summed E-state index contributed by atoms with van der Waals surface area (Å²) in [6.07, 6.45) is 1.43. The van der Waals surface area contributed by atoms with E-state index in [-0.39, 0.29) is 63.4 Å². The Morgan fingerprint density at radius 3 is 2.23 bits per heavy atom. The van der Waals surface area contributed by atoms with E-state index >= 15 is 8.78 Å². The number of piperazine rings is 1. The number of carboxylic acids is 1. The normalized spacial score (nSPS) is 13.9. The number of nitrogens with two attached hydrogens (primary N) is 1. The highest BCUT2D eigenvalue weighted by molar-refractivity contribution is 5.94. The second-order valence-corrected chi connectivity index (χ2v) is 15.0. The van der Waals surface area contributed by atoms with Crippen LogP contribution in [0.15, 0.2) is 89.6 Å². The van der Waals surface area contributed by atoms with Gasteiger partial charge in [0.2, 0.25) is 11.3 Å². The number of primary amides is 1. The molecule has 1 aromatic heterocycles. The Balaban J connectivity index is 1.16. The Morgan fingerprint density at radius 2 is 1.60 bits per heavy atom. The summed E-state index contributed by atoms with van der Waals surface area (Å²) in [6.45, 7) is 6.61. The summed E-state index contributed by atoms with van der Waals surface area (Å²) in [5, 5.41) is 17.2. The van der Waals surface area contributed by atoms with Gasteiger partial charge in [0.15, 0.2) is 0 Å². The molecule has 0 bridgehead atoms. The van der Waals surface area contributed by atoms with Crippen LogP contribution in [-0.2, 0) is 34.0 Å². The van der Waals surface area contributed by atoms with Crippen LogP contribution in [0.5, 0.6) is 0 Å². The Labute approximate surface area is 356 Å². The monoisotopic (exact) mass is 859 g/mol. The third-order valence-electron chi connectivity index (χ3n) is 10.3. The molecule has 2 atom stereocenters. The first-order valence-corrected chi connectivity index (χ1v) is 20.2. The summed E-state index contributed by atoms with van der Waals surface area (Å²) >= 11 is 0. The van der Waals surface area contributed by atoms with Gasteiger partial charge >= 0.3 is 24.2 Å². The molecule has 1 saturated heterocycles. The van der Waals surface area contributed by atoms with Crippen LogP contribution < -0.4 is 32.0 Å². The number of alkyl carbamates (subject to hydrolysis) is 1. The third-order valence-corrected chi connectivity index (χ3v) is 10.3. The van der Waals surface area contributed by atoms with Crippen LogP contribution in [0.2, 0.25) is 0 Å². The number of aromatic carboxylic acids is 1. The largest absolute Gasteiger partial charge is 0.477 e. The fourth-order valence-corrected chi connectivity index (χ4v) is 6.91. The predicted octanol–water partition coefficient (Wildman–Crippen LogP) is 6.13. The highest BCUT2D eigenvalue weighted by Gasteiger charge is 2.27. The predicted molar refractivity (Wildman–Crippen MR) is 228 cm³/mol. The third kappa shape index (κ3) is 12.3. The second kappa shape index (κ2) is 21.5. The summed E-state index contributed by atoms with van der Waals surface area (Å²) in [7, 11) is 0.